The number of hydrogen-bond acceptors (Lipinski definition) is 4. The highest BCUT2D eigenvalue weighted by atomic mass is 16.5. The molecule has 0 aliphatic carbocycles. The van der Waals surface area contributed by atoms with Gasteiger partial charge < -0.3 is 20.5 Å². The lowest BCUT2D eigenvalue weighted by Crippen LogP contribution is -2.47. The molecule has 1 rings (SSSR count). The first-order chi connectivity index (χ1) is 12.1. The fourth-order valence-electron chi connectivity index (χ4n) is 2.77. The van der Waals surface area contributed by atoms with Crippen molar-refractivity contribution >= 4 is 5.96 Å². The van der Waals surface area contributed by atoms with Crippen molar-refractivity contribution in [3.05, 3.63) is 23.9 Å². The minimum absolute atomic E-state index is 0.501. The van der Waals surface area contributed by atoms with Crippen LogP contribution in [0.2, 0.25) is 0 Å². The van der Waals surface area contributed by atoms with Crippen LogP contribution in [0.15, 0.2) is 23.3 Å². The summed E-state index contributed by atoms with van der Waals surface area (Å²) in [5, 5.41) is 17.3. The molecule has 3 N–H and O–H groups in total. The topological polar surface area (TPSA) is 78.8 Å². The van der Waals surface area contributed by atoms with E-state index in [9.17, 15) is 5.11 Å². The van der Waals surface area contributed by atoms with Crippen LogP contribution in [-0.4, -0.2) is 41.3 Å². The number of nitrogens with zero attached hydrogens (tertiary/aromatic N) is 2. The Kier molecular flexibility index (Phi) is 9.92. The Morgan fingerprint density at radius 1 is 1.20 bits per heavy atom. The molecule has 0 fully saturated rings. The number of rotatable bonds is 11. The molecule has 1 heterocycles. The summed E-state index contributed by atoms with van der Waals surface area (Å²) in [7, 11) is 0. The number of aromatic nitrogens is 1. The first-order valence-corrected chi connectivity index (χ1v) is 9.39. The lowest BCUT2D eigenvalue weighted by Gasteiger charge is -2.28. The van der Waals surface area contributed by atoms with E-state index in [0.29, 0.717) is 31.5 Å². The Morgan fingerprint density at radius 3 is 2.52 bits per heavy atom. The van der Waals surface area contributed by atoms with Crippen LogP contribution in [0.4, 0.5) is 0 Å². The van der Waals surface area contributed by atoms with Gasteiger partial charge in [0.2, 0.25) is 5.88 Å². The molecule has 0 bridgehead atoms. The van der Waals surface area contributed by atoms with Crippen LogP contribution < -0.4 is 15.4 Å². The average molecular weight is 351 g/mol. The molecule has 1 aromatic heterocycles. The van der Waals surface area contributed by atoms with Crippen LogP contribution in [0, 0.1) is 0 Å². The molecular weight excluding hydrogens is 316 g/mol. The SMILES string of the molecule is CCCC(O)(CCC)CNC(=NCc1ccnc(OCC)c1)NCC. The van der Waals surface area contributed by atoms with Crippen molar-refractivity contribution in [2.45, 2.75) is 65.5 Å². The van der Waals surface area contributed by atoms with Crippen molar-refractivity contribution < 1.29 is 9.84 Å². The molecule has 0 saturated heterocycles. The lowest BCUT2D eigenvalue weighted by atomic mass is 9.93. The van der Waals surface area contributed by atoms with E-state index >= 15 is 0 Å². The van der Waals surface area contributed by atoms with Gasteiger partial charge in [-0.1, -0.05) is 26.7 Å². The molecule has 25 heavy (non-hydrogen) atoms. The summed E-state index contributed by atoms with van der Waals surface area (Å²) in [6.07, 6.45) is 5.23. The van der Waals surface area contributed by atoms with Crippen LogP contribution in [-0.2, 0) is 6.54 Å². The zero-order chi connectivity index (χ0) is 18.5. The lowest BCUT2D eigenvalue weighted by molar-refractivity contribution is 0.0257. The van der Waals surface area contributed by atoms with Crippen LogP contribution in [0.3, 0.4) is 0 Å². The van der Waals surface area contributed by atoms with Gasteiger partial charge in [-0.15, -0.1) is 0 Å². The Labute approximate surface area is 152 Å². The summed E-state index contributed by atoms with van der Waals surface area (Å²) in [6.45, 7) is 10.6. The molecule has 6 heteroatoms. The summed E-state index contributed by atoms with van der Waals surface area (Å²) in [5.41, 5.74) is 0.353. The van der Waals surface area contributed by atoms with Gasteiger partial charge >= 0.3 is 0 Å². The summed E-state index contributed by atoms with van der Waals surface area (Å²) >= 11 is 0. The first kappa shape index (κ1) is 21.2. The zero-order valence-corrected chi connectivity index (χ0v) is 16.1. The second kappa shape index (κ2) is 11.7. The molecule has 0 aliphatic heterocycles. The van der Waals surface area contributed by atoms with E-state index in [0.717, 1.165) is 37.8 Å². The Bertz CT molecular complexity index is 514. The predicted molar refractivity (Wildman–Crippen MR) is 103 cm³/mol. The van der Waals surface area contributed by atoms with Crippen molar-refractivity contribution in [2.75, 3.05) is 19.7 Å². The standard InChI is InChI=1S/C19H34N4O2/c1-5-10-19(24,11-6-2)15-23-18(20-7-3)22-14-16-9-12-21-17(13-16)25-8-4/h9,12-13,24H,5-8,10-11,14-15H2,1-4H3,(H2,20,22,23). The van der Waals surface area contributed by atoms with Crippen LogP contribution >= 0.6 is 0 Å². The summed E-state index contributed by atoms with van der Waals surface area (Å²) in [4.78, 5) is 8.78. The van der Waals surface area contributed by atoms with Gasteiger partial charge in [0.05, 0.1) is 18.8 Å². The highest BCUT2D eigenvalue weighted by Gasteiger charge is 2.24. The molecular formula is C19H34N4O2. The molecule has 0 aromatic carbocycles. The Balaban J connectivity index is 2.71. The van der Waals surface area contributed by atoms with E-state index in [4.69, 9.17) is 4.74 Å². The minimum atomic E-state index is -0.682. The molecule has 0 radical (unpaired) electrons. The van der Waals surface area contributed by atoms with Gasteiger partial charge in [0, 0.05) is 25.4 Å². The fraction of sp³-hybridized carbons (Fsp3) is 0.684. The van der Waals surface area contributed by atoms with Gasteiger partial charge in [0.15, 0.2) is 5.96 Å². The molecule has 0 unspecified atom stereocenters. The van der Waals surface area contributed by atoms with Gasteiger partial charge in [-0.3, -0.25) is 0 Å². The van der Waals surface area contributed by atoms with E-state index in [1.165, 1.54) is 0 Å². The van der Waals surface area contributed by atoms with E-state index in [1.54, 1.807) is 6.20 Å². The maximum Gasteiger partial charge on any atom is 0.213 e. The molecule has 1 aromatic rings. The summed E-state index contributed by atoms with van der Waals surface area (Å²) < 4.78 is 5.42. The van der Waals surface area contributed by atoms with E-state index in [-0.39, 0.29) is 0 Å². The molecule has 0 aliphatic rings. The van der Waals surface area contributed by atoms with Gasteiger partial charge in [-0.2, -0.15) is 0 Å². The second-order valence-electron chi connectivity index (χ2n) is 6.21. The number of guanidine groups is 1. The molecule has 0 spiro atoms. The molecule has 0 atom stereocenters. The van der Waals surface area contributed by atoms with Crippen LogP contribution in [0.5, 0.6) is 5.88 Å². The molecule has 142 valence electrons. The maximum absolute atomic E-state index is 10.7. The average Bonchev–Trinajstić information content (AvgIpc) is 2.58. The quantitative estimate of drug-likeness (QED) is 0.422. The van der Waals surface area contributed by atoms with Crippen molar-refractivity contribution in [1.82, 2.24) is 15.6 Å². The number of hydrogen-bond donors (Lipinski definition) is 3. The zero-order valence-electron chi connectivity index (χ0n) is 16.1. The van der Waals surface area contributed by atoms with Gasteiger partial charge in [0.1, 0.15) is 0 Å². The fourth-order valence-corrected chi connectivity index (χ4v) is 2.77. The number of aliphatic imine (C=N–C) groups is 1. The third kappa shape index (κ3) is 8.20. The predicted octanol–water partition coefficient (Wildman–Crippen LogP) is 2.87. The van der Waals surface area contributed by atoms with Crippen molar-refractivity contribution in [3.63, 3.8) is 0 Å². The molecule has 0 saturated carbocycles. The Hall–Kier alpha value is -1.82. The summed E-state index contributed by atoms with van der Waals surface area (Å²) in [6, 6.07) is 3.83. The number of pyridine rings is 1. The third-order valence-corrected chi connectivity index (χ3v) is 3.87. The van der Waals surface area contributed by atoms with Crippen LogP contribution in [0.25, 0.3) is 0 Å². The second-order valence-corrected chi connectivity index (χ2v) is 6.21. The monoisotopic (exact) mass is 350 g/mol. The van der Waals surface area contributed by atoms with E-state index < -0.39 is 5.60 Å². The van der Waals surface area contributed by atoms with E-state index in [2.05, 4.69) is 34.5 Å². The van der Waals surface area contributed by atoms with Gasteiger partial charge in [-0.05, 0) is 38.3 Å². The van der Waals surface area contributed by atoms with Crippen molar-refractivity contribution in [2.24, 2.45) is 4.99 Å². The first-order valence-electron chi connectivity index (χ1n) is 9.39. The van der Waals surface area contributed by atoms with Gasteiger partial charge in [0.25, 0.3) is 0 Å². The number of nitrogens with one attached hydrogen (secondary N) is 2. The van der Waals surface area contributed by atoms with Gasteiger partial charge in [-0.25, -0.2) is 9.98 Å². The maximum atomic E-state index is 10.7. The van der Waals surface area contributed by atoms with E-state index in [1.807, 2.05) is 26.0 Å². The van der Waals surface area contributed by atoms with Crippen molar-refractivity contribution in [1.29, 1.82) is 0 Å². The number of ether oxygens (including phenoxy) is 1. The minimum Gasteiger partial charge on any atom is -0.478 e. The third-order valence-electron chi connectivity index (χ3n) is 3.87. The molecule has 0 amide bonds. The highest BCUT2D eigenvalue weighted by Crippen LogP contribution is 2.18. The normalized spacial score (nSPS) is 12.1. The Morgan fingerprint density at radius 2 is 1.92 bits per heavy atom. The molecule has 6 nitrogen and oxygen atoms in total. The smallest absolute Gasteiger partial charge is 0.213 e. The largest absolute Gasteiger partial charge is 0.478 e. The highest BCUT2D eigenvalue weighted by molar-refractivity contribution is 5.79. The van der Waals surface area contributed by atoms with Crippen LogP contribution in [0.1, 0.15) is 58.9 Å². The number of aliphatic hydroxyl groups is 1. The summed E-state index contributed by atoms with van der Waals surface area (Å²) in [5.74, 6) is 1.33. The van der Waals surface area contributed by atoms with Crippen molar-refractivity contribution in [3.8, 4) is 5.88 Å².